The maximum Gasteiger partial charge on any atom is 0.326 e. The maximum atomic E-state index is 11.1. The Balaban J connectivity index is 2.84. The molecule has 1 unspecified atom stereocenters. The molecule has 0 saturated carbocycles. The van der Waals surface area contributed by atoms with Crippen LogP contribution >= 0.6 is 22.6 Å². The van der Waals surface area contributed by atoms with Crippen LogP contribution in [0.2, 0.25) is 0 Å². The summed E-state index contributed by atoms with van der Waals surface area (Å²) < 4.78 is 5.44. The molecule has 0 heterocycles. The molecule has 0 aliphatic heterocycles. The summed E-state index contributed by atoms with van der Waals surface area (Å²) in [7, 11) is 1.49. The van der Waals surface area contributed by atoms with E-state index in [1.54, 1.807) is 0 Å². The van der Waals surface area contributed by atoms with Crippen LogP contribution in [0.5, 0.6) is 0 Å². The number of hydrogen-bond acceptors (Lipinski definition) is 5. The minimum absolute atomic E-state index is 0.0290. The Kier molecular flexibility index (Phi) is 5.96. The van der Waals surface area contributed by atoms with E-state index >= 15 is 0 Å². The van der Waals surface area contributed by atoms with Crippen LogP contribution in [0.3, 0.4) is 0 Å². The van der Waals surface area contributed by atoms with E-state index in [9.17, 15) is 14.9 Å². The summed E-state index contributed by atoms with van der Waals surface area (Å²) in [6.07, 6.45) is 0.304. The number of halogens is 1. The monoisotopic (exact) mass is 380 g/mol. The molecule has 1 rings (SSSR count). The first-order valence-electron chi connectivity index (χ1n) is 5.38. The normalized spacial score (nSPS) is 11.9. The van der Waals surface area contributed by atoms with Crippen LogP contribution < -0.4 is 5.32 Å². The van der Waals surface area contributed by atoms with E-state index in [1.807, 2.05) is 22.6 Å². The number of nitro groups is 1. The van der Waals surface area contributed by atoms with Gasteiger partial charge < -0.3 is 15.2 Å². The Morgan fingerprint density at radius 1 is 1.63 bits per heavy atom. The molecular weight excluding hydrogens is 367 g/mol. The fourth-order valence-corrected chi connectivity index (χ4v) is 2.07. The lowest BCUT2D eigenvalue weighted by atomic mass is 10.2. The highest BCUT2D eigenvalue weighted by atomic mass is 127. The first-order chi connectivity index (χ1) is 8.95. The van der Waals surface area contributed by atoms with Crippen LogP contribution in [0.15, 0.2) is 18.2 Å². The zero-order valence-corrected chi connectivity index (χ0v) is 12.3. The van der Waals surface area contributed by atoms with Crippen LogP contribution in [-0.2, 0) is 9.53 Å². The van der Waals surface area contributed by atoms with Gasteiger partial charge in [0.15, 0.2) is 0 Å². The molecule has 0 saturated heterocycles. The number of methoxy groups -OCH3 is 1. The predicted octanol–water partition coefficient (Wildman–Crippen LogP) is 2.10. The Labute approximate surface area is 123 Å². The van der Waals surface area contributed by atoms with Crippen molar-refractivity contribution in [3.63, 3.8) is 0 Å². The van der Waals surface area contributed by atoms with Gasteiger partial charge in [-0.15, -0.1) is 0 Å². The second-order valence-electron chi connectivity index (χ2n) is 3.74. The van der Waals surface area contributed by atoms with Gasteiger partial charge in [0.2, 0.25) is 0 Å². The molecule has 1 aromatic rings. The fourth-order valence-electron chi connectivity index (χ4n) is 1.42. The van der Waals surface area contributed by atoms with Gasteiger partial charge in [-0.3, -0.25) is 10.1 Å². The van der Waals surface area contributed by atoms with Crippen molar-refractivity contribution < 1.29 is 19.6 Å². The third-order valence-corrected chi connectivity index (χ3v) is 3.29. The summed E-state index contributed by atoms with van der Waals surface area (Å²) in [4.78, 5) is 21.2. The van der Waals surface area contributed by atoms with Crippen molar-refractivity contribution in [1.82, 2.24) is 0 Å². The summed E-state index contributed by atoms with van der Waals surface area (Å²) in [5.74, 6) is -0.994. The molecule has 19 heavy (non-hydrogen) atoms. The second-order valence-corrected chi connectivity index (χ2v) is 4.90. The molecule has 7 nitrogen and oxygen atoms in total. The highest BCUT2D eigenvalue weighted by molar-refractivity contribution is 14.1. The quantitative estimate of drug-likeness (QED) is 0.427. The maximum absolute atomic E-state index is 11.1. The average Bonchev–Trinajstić information content (AvgIpc) is 2.35. The van der Waals surface area contributed by atoms with Gasteiger partial charge in [0.25, 0.3) is 5.69 Å². The molecule has 0 amide bonds. The minimum Gasteiger partial charge on any atom is -0.480 e. The number of hydrogen-bond donors (Lipinski definition) is 2. The van der Waals surface area contributed by atoms with E-state index in [1.165, 1.54) is 25.3 Å². The number of benzene rings is 1. The van der Waals surface area contributed by atoms with E-state index in [-0.39, 0.29) is 5.69 Å². The largest absolute Gasteiger partial charge is 0.480 e. The first-order valence-corrected chi connectivity index (χ1v) is 6.45. The van der Waals surface area contributed by atoms with Gasteiger partial charge in [0.05, 0.1) is 4.92 Å². The second kappa shape index (κ2) is 7.24. The van der Waals surface area contributed by atoms with Crippen molar-refractivity contribution in [2.75, 3.05) is 19.0 Å². The number of anilines is 1. The van der Waals surface area contributed by atoms with Gasteiger partial charge in [0.1, 0.15) is 6.04 Å². The average molecular weight is 380 g/mol. The standard InChI is InChI=1S/C11H13IN2O5/c1-19-5-4-10(11(15)16)13-9-3-2-7(14(17)18)6-8(9)12/h2-3,6,10,13H,4-5H2,1H3,(H,15,16). The van der Waals surface area contributed by atoms with Crippen LogP contribution in [0, 0.1) is 13.7 Å². The SMILES string of the molecule is COCCC(Nc1ccc([N+](=O)[O-])cc1I)C(=O)O. The number of rotatable bonds is 7. The lowest BCUT2D eigenvalue weighted by Gasteiger charge is -2.16. The van der Waals surface area contributed by atoms with Gasteiger partial charge in [-0.05, 0) is 28.7 Å². The predicted molar refractivity (Wildman–Crippen MR) is 77.4 cm³/mol. The first kappa shape index (κ1) is 15.6. The molecule has 0 radical (unpaired) electrons. The molecule has 1 aromatic carbocycles. The van der Waals surface area contributed by atoms with Gasteiger partial charge in [0, 0.05) is 41.5 Å². The molecule has 0 aromatic heterocycles. The van der Waals surface area contributed by atoms with Crippen LogP contribution in [0.25, 0.3) is 0 Å². The highest BCUT2D eigenvalue weighted by Gasteiger charge is 2.18. The Morgan fingerprint density at radius 2 is 2.32 bits per heavy atom. The molecule has 0 bridgehead atoms. The summed E-state index contributed by atoms with van der Waals surface area (Å²) >= 11 is 1.92. The van der Waals surface area contributed by atoms with E-state index in [0.29, 0.717) is 22.3 Å². The van der Waals surface area contributed by atoms with Crippen molar-refractivity contribution in [2.24, 2.45) is 0 Å². The number of nitro benzene ring substituents is 1. The van der Waals surface area contributed by atoms with E-state index < -0.39 is 16.9 Å². The van der Waals surface area contributed by atoms with Crippen molar-refractivity contribution in [1.29, 1.82) is 0 Å². The fraction of sp³-hybridized carbons (Fsp3) is 0.364. The lowest BCUT2D eigenvalue weighted by Crippen LogP contribution is -2.30. The molecule has 0 fully saturated rings. The molecule has 1 atom stereocenters. The van der Waals surface area contributed by atoms with E-state index in [2.05, 4.69) is 5.32 Å². The van der Waals surface area contributed by atoms with Crippen molar-refractivity contribution >= 4 is 39.9 Å². The Hall–Kier alpha value is -1.42. The van der Waals surface area contributed by atoms with Crippen molar-refractivity contribution in [3.8, 4) is 0 Å². The van der Waals surface area contributed by atoms with E-state index in [0.717, 1.165) is 0 Å². The Morgan fingerprint density at radius 3 is 2.79 bits per heavy atom. The van der Waals surface area contributed by atoms with Gasteiger partial charge >= 0.3 is 5.97 Å². The van der Waals surface area contributed by atoms with Gasteiger partial charge in [-0.2, -0.15) is 0 Å². The summed E-state index contributed by atoms with van der Waals surface area (Å²) in [6.45, 7) is 0.313. The number of nitrogens with one attached hydrogen (secondary N) is 1. The minimum atomic E-state index is -0.994. The molecule has 0 spiro atoms. The topological polar surface area (TPSA) is 102 Å². The zero-order chi connectivity index (χ0) is 14.4. The number of nitrogens with zero attached hydrogens (tertiary/aromatic N) is 1. The van der Waals surface area contributed by atoms with Crippen LogP contribution in [-0.4, -0.2) is 35.8 Å². The zero-order valence-electron chi connectivity index (χ0n) is 10.1. The number of carboxylic acid groups (broad SMARTS) is 1. The molecular formula is C11H13IN2O5. The third-order valence-electron chi connectivity index (χ3n) is 2.40. The van der Waals surface area contributed by atoms with Gasteiger partial charge in [-0.25, -0.2) is 4.79 Å². The summed E-state index contributed by atoms with van der Waals surface area (Å²) in [5, 5.41) is 22.5. The highest BCUT2D eigenvalue weighted by Crippen LogP contribution is 2.24. The smallest absolute Gasteiger partial charge is 0.326 e. The third kappa shape index (κ3) is 4.63. The van der Waals surface area contributed by atoms with Crippen molar-refractivity contribution in [2.45, 2.75) is 12.5 Å². The van der Waals surface area contributed by atoms with Crippen LogP contribution in [0.1, 0.15) is 6.42 Å². The number of carbonyl (C=O) groups is 1. The lowest BCUT2D eigenvalue weighted by molar-refractivity contribution is -0.384. The number of ether oxygens (including phenoxy) is 1. The molecule has 0 aliphatic rings. The summed E-state index contributed by atoms with van der Waals surface area (Å²) in [5.41, 5.74) is 0.522. The van der Waals surface area contributed by atoms with Crippen LogP contribution in [0.4, 0.5) is 11.4 Å². The molecule has 0 aliphatic carbocycles. The Bertz CT molecular complexity index is 480. The molecule has 2 N–H and O–H groups in total. The van der Waals surface area contributed by atoms with Gasteiger partial charge in [-0.1, -0.05) is 0 Å². The van der Waals surface area contributed by atoms with Crippen molar-refractivity contribution in [3.05, 3.63) is 31.9 Å². The summed E-state index contributed by atoms with van der Waals surface area (Å²) in [6, 6.07) is 3.43. The number of aliphatic carboxylic acids is 1. The molecule has 8 heteroatoms. The number of non-ortho nitro benzene ring substituents is 1. The van der Waals surface area contributed by atoms with E-state index in [4.69, 9.17) is 9.84 Å². The number of carboxylic acids is 1. The molecule has 104 valence electrons.